The molecule has 1 saturated heterocycles. The van der Waals surface area contributed by atoms with Crippen molar-refractivity contribution in [1.29, 1.82) is 0 Å². The molecule has 0 aromatic heterocycles. The summed E-state index contributed by atoms with van der Waals surface area (Å²) in [6, 6.07) is 1.58. The monoisotopic (exact) mass is 752 g/mol. The molecule has 0 radical (unpaired) electrons. The standard InChI is InChI=1S/C40H56N4O10/c1-23(2)35-38(51)41-31(21-28-16-14-24(3)33(48)22-28)39(52)44-19-10-11-30(43-44)40(53)54-34(25(4)18-20-45)13-9-7-8-12-32(47)27(6)36(49)29(37(50)42-35)17-15-26(5)46/h7-9,12,14,16,20,22-23,27,29-32,35-36,43,47-49H,10-11,13,15,17-19,21H2,1-6H3,(H,41,51)(H,42,50)/b9-7?,12-8?,34-25-. The second kappa shape index (κ2) is 20.7. The molecule has 296 valence electrons. The zero-order valence-electron chi connectivity index (χ0n) is 32.0. The fraction of sp³-hybridized carbons (Fsp3) is 0.550. The van der Waals surface area contributed by atoms with E-state index in [0.717, 1.165) is 0 Å². The van der Waals surface area contributed by atoms with Gasteiger partial charge in [-0.3, -0.25) is 19.4 Å². The molecule has 3 rings (SSSR count). The molecule has 0 spiro atoms. The van der Waals surface area contributed by atoms with E-state index in [4.69, 9.17) is 4.74 Å². The number of carbonyl (C=O) groups is 6. The number of aldehydes is 1. The highest BCUT2D eigenvalue weighted by Crippen LogP contribution is 2.25. The average molecular weight is 753 g/mol. The topological polar surface area (TPSA) is 212 Å². The molecule has 0 saturated carbocycles. The first kappa shape index (κ1) is 43.7. The van der Waals surface area contributed by atoms with Gasteiger partial charge in [0.05, 0.1) is 18.1 Å². The number of aryl methyl sites for hydroxylation is 1. The number of ketones is 1. The molecular weight excluding hydrogens is 696 g/mol. The molecule has 14 nitrogen and oxygen atoms in total. The summed E-state index contributed by atoms with van der Waals surface area (Å²) in [5.74, 6) is -5.10. The van der Waals surface area contributed by atoms with Crippen LogP contribution in [0.4, 0.5) is 0 Å². The Hall–Kier alpha value is -4.66. The van der Waals surface area contributed by atoms with Crippen molar-refractivity contribution in [2.75, 3.05) is 6.54 Å². The van der Waals surface area contributed by atoms with Gasteiger partial charge in [-0.2, -0.15) is 0 Å². The lowest BCUT2D eigenvalue weighted by Gasteiger charge is -2.36. The molecule has 2 bridgehead atoms. The van der Waals surface area contributed by atoms with Gasteiger partial charge in [-0.15, -0.1) is 0 Å². The third-order valence-electron chi connectivity index (χ3n) is 9.89. The molecule has 1 aromatic carbocycles. The number of hydrogen-bond donors (Lipinski definition) is 6. The van der Waals surface area contributed by atoms with E-state index in [1.165, 1.54) is 24.1 Å². The van der Waals surface area contributed by atoms with E-state index < -0.39 is 71.8 Å². The third-order valence-corrected chi connectivity index (χ3v) is 9.89. The number of aliphatic hydroxyl groups excluding tert-OH is 2. The molecule has 2 aliphatic rings. The number of aromatic hydroxyl groups is 1. The molecule has 3 amide bonds. The molecule has 2 heterocycles. The van der Waals surface area contributed by atoms with Crippen LogP contribution in [0.3, 0.4) is 0 Å². The number of phenols is 1. The lowest BCUT2D eigenvalue weighted by molar-refractivity contribution is -0.150. The van der Waals surface area contributed by atoms with E-state index in [1.807, 2.05) is 0 Å². The number of amides is 3. The van der Waals surface area contributed by atoms with E-state index in [9.17, 15) is 44.1 Å². The minimum atomic E-state index is -1.41. The number of ether oxygens (including phenoxy) is 1. The van der Waals surface area contributed by atoms with Crippen LogP contribution in [0.25, 0.3) is 0 Å². The Labute approximate surface area is 317 Å². The van der Waals surface area contributed by atoms with E-state index >= 15 is 0 Å². The predicted molar refractivity (Wildman–Crippen MR) is 200 cm³/mol. The highest BCUT2D eigenvalue weighted by atomic mass is 16.5. The van der Waals surface area contributed by atoms with Crippen molar-refractivity contribution in [3.63, 3.8) is 0 Å². The van der Waals surface area contributed by atoms with E-state index in [1.54, 1.807) is 65.0 Å². The number of fused-ring (bicyclic) bond motifs is 2. The number of esters is 1. The van der Waals surface area contributed by atoms with E-state index in [2.05, 4.69) is 16.1 Å². The predicted octanol–water partition coefficient (Wildman–Crippen LogP) is 2.63. The van der Waals surface area contributed by atoms with Crippen LogP contribution in [0, 0.1) is 24.7 Å². The first-order valence-electron chi connectivity index (χ1n) is 18.5. The maximum Gasteiger partial charge on any atom is 0.330 e. The van der Waals surface area contributed by atoms with Gasteiger partial charge in [0.2, 0.25) is 11.8 Å². The number of carbonyl (C=O) groups excluding carboxylic acids is 6. The van der Waals surface area contributed by atoms with Crippen molar-refractivity contribution in [3.05, 3.63) is 65.0 Å². The summed E-state index contributed by atoms with van der Waals surface area (Å²) in [6.07, 6.45) is 5.13. The zero-order chi connectivity index (χ0) is 40.1. The van der Waals surface area contributed by atoms with Gasteiger partial charge >= 0.3 is 5.97 Å². The molecule has 0 aliphatic carbocycles. The Bertz CT molecular complexity index is 1620. The lowest BCUT2D eigenvalue weighted by atomic mass is 9.84. The maximum atomic E-state index is 14.2. The molecule has 1 fully saturated rings. The first-order chi connectivity index (χ1) is 25.5. The van der Waals surface area contributed by atoms with Gasteiger partial charge in [0.1, 0.15) is 41.7 Å². The van der Waals surface area contributed by atoms with Crippen LogP contribution in [0.5, 0.6) is 5.75 Å². The molecule has 2 aliphatic heterocycles. The van der Waals surface area contributed by atoms with Crippen LogP contribution in [0.1, 0.15) is 84.3 Å². The van der Waals surface area contributed by atoms with Gasteiger partial charge in [-0.1, -0.05) is 57.2 Å². The minimum Gasteiger partial charge on any atom is -0.508 e. The van der Waals surface area contributed by atoms with Gasteiger partial charge in [-0.25, -0.2) is 10.2 Å². The molecule has 1 aromatic rings. The van der Waals surface area contributed by atoms with Crippen molar-refractivity contribution in [1.82, 2.24) is 21.1 Å². The van der Waals surface area contributed by atoms with Crippen molar-refractivity contribution >= 4 is 35.8 Å². The highest BCUT2D eigenvalue weighted by molar-refractivity contribution is 5.93. The fourth-order valence-corrected chi connectivity index (χ4v) is 6.30. The summed E-state index contributed by atoms with van der Waals surface area (Å²) in [5, 5.41) is 39.5. The second-order valence-electron chi connectivity index (χ2n) is 14.6. The van der Waals surface area contributed by atoms with E-state index in [0.29, 0.717) is 35.8 Å². The number of cyclic esters (lactones) is 1. The number of nitrogens with zero attached hydrogens (tertiary/aromatic N) is 1. The number of aliphatic hydroxyl groups is 2. The van der Waals surface area contributed by atoms with Crippen LogP contribution in [0.15, 0.2) is 53.8 Å². The van der Waals surface area contributed by atoms with Crippen LogP contribution in [-0.2, 0) is 39.9 Å². The second-order valence-corrected chi connectivity index (χ2v) is 14.6. The largest absolute Gasteiger partial charge is 0.508 e. The summed E-state index contributed by atoms with van der Waals surface area (Å²) in [6.45, 7) is 9.93. The van der Waals surface area contributed by atoms with Gasteiger partial charge in [0, 0.05) is 38.1 Å². The quantitative estimate of drug-likeness (QED) is 0.168. The zero-order valence-corrected chi connectivity index (χ0v) is 32.0. The van der Waals surface area contributed by atoms with Crippen LogP contribution in [-0.4, -0.2) is 93.0 Å². The Morgan fingerprint density at radius 3 is 2.44 bits per heavy atom. The number of phenolic OH excluding ortho intramolecular Hbond substituents is 1. The van der Waals surface area contributed by atoms with Crippen molar-refractivity contribution in [2.24, 2.45) is 17.8 Å². The molecule has 7 unspecified atom stereocenters. The fourth-order valence-electron chi connectivity index (χ4n) is 6.30. The van der Waals surface area contributed by atoms with Crippen LogP contribution in [0.2, 0.25) is 0 Å². The Morgan fingerprint density at radius 1 is 1.07 bits per heavy atom. The normalized spacial score (nSPS) is 27.6. The lowest BCUT2D eigenvalue weighted by Crippen LogP contribution is -2.62. The summed E-state index contributed by atoms with van der Waals surface area (Å²) in [5.41, 5.74) is 4.64. The third kappa shape index (κ3) is 12.5. The smallest absolute Gasteiger partial charge is 0.330 e. The van der Waals surface area contributed by atoms with Crippen LogP contribution >= 0.6 is 0 Å². The number of nitrogens with one attached hydrogen (secondary N) is 3. The number of benzene rings is 1. The highest BCUT2D eigenvalue weighted by Gasteiger charge is 2.38. The molecule has 7 atom stereocenters. The number of allylic oxidation sites excluding steroid dienone is 4. The number of Topliss-reactive ketones (excluding diaryl/α,β-unsaturated/α-hetero) is 1. The van der Waals surface area contributed by atoms with Gasteiger partial charge in [-0.05, 0) is 68.7 Å². The van der Waals surface area contributed by atoms with Crippen LogP contribution < -0.4 is 16.1 Å². The summed E-state index contributed by atoms with van der Waals surface area (Å²) < 4.78 is 5.78. The Kier molecular flexibility index (Phi) is 16.8. The summed E-state index contributed by atoms with van der Waals surface area (Å²) >= 11 is 0. The first-order valence-corrected chi connectivity index (χ1v) is 18.5. The SMILES string of the molecule is CC(=O)CCC1C(=O)NC(C(C)C)C(=O)NC(Cc2ccc(C)c(O)c2)C(=O)N2CCCC(N2)C(=O)O/C(=C(/C)CC=O)CC=CC=CC(O)C(C)C1O. The van der Waals surface area contributed by atoms with Crippen molar-refractivity contribution < 1.29 is 48.8 Å². The average Bonchev–Trinajstić information content (AvgIpc) is 3.12. The van der Waals surface area contributed by atoms with Crippen molar-refractivity contribution in [3.8, 4) is 5.75 Å². The number of rotatable bonds is 8. The maximum absolute atomic E-state index is 14.2. The Balaban J connectivity index is 2.09. The molecule has 54 heavy (non-hydrogen) atoms. The molecule has 14 heteroatoms. The summed E-state index contributed by atoms with van der Waals surface area (Å²) in [7, 11) is 0. The summed E-state index contributed by atoms with van der Waals surface area (Å²) in [4.78, 5) is 78.9. The van der Waals surface area contributed by atoms with Crippen molar-refractivity contribution in [2.45, 2.75) is 117 Å². The van der Waals surface area contributed by atoms with Gasteiger partial charge in [0.25, 0.3) is 5.91 Å². The molecule has 6 N–H and O–H groups in total. The van der Waals surface area contributed by atoms with E-state index in [-0.39, 0.29) is 55.9 Å². The number of hydrazine groups is 1. The number of hydrogen-bond acceptors (Lipinski definition) is 11. The van der Waals surface area contributed by atoms with Gasteiger partial charge < -0.3 is 40.3 Å². The van der Waals surface area contributed by atoms with Gasteiger partial charge in [0.15, 0.2) is 0 Å². The minimum absolute atomic E-state index is 0.00416. The Morgan fingerprint density at radius 2 is 1.80 bits per heavy atom. The molecular formula is C40H56N4O10.